The van der Waals surface area contributed by atoms with Gasteiger partial charge in [-0.05, 0) is 66.6 Å². The molecule has 166 valence electrons. The molecule has 0 atom stereocenters. The highest BCUT2D eigenvalue weighted by Crippen LogP contribution is 2.20. The summed E-state index contributed by atoms with van der Waals surface area (Å²) in [5.41, 5.74) is 2.48. The number of nitrogens with one attached hydrogen (secondary N) is 2. The Morgan fingerprint density at radius 2 is 1.48 bits per heavy atom. The van der Waals surface area contributed by atoms with Crippen LogP contribution < -0.4 is 10.6 Å². The number of hydrogen-bond acceptors (Lipinski definition) is 4. The van der Waals surface area contributed by atoms with Gasteiger partial charge in [0.2, 0.25) is 0 Å². The van der Waals surface area contributed by atoms with Gasteiger partial charge in [-0.15, -0.1) is 0 Å². The van der Waals surface area contributed by atoms with E-state index in [4.69, 9.17) is 23.2 Å². The number of pyridine rings is 1. The van der Waals surface area contributed by atoms with Gasteiger partial charge < -0.3 is 10.6 Å². The minimum Gasteiger partial charge on any atom is -0.322 e. The normalized spacial score (nSPS) is 10.6. The first-order valence-corrected chi connectivity index (χ1v) is 10.8. The summed E-state index contributed by atoms with van der Waals surface area (Å²) >= 11 is 11.9. The van der Waals surface area contributed by atoms with Crippen molar-refractivity contribution in [2.45, 2.75) is 13.0 Å². The number of hydrogen-bond donors (Lipinski definition) is 2. The van der Waals surface area contributed by atoms with E-state index < -0.39 is 0 Å². The van der Waals surface area contributed by atoms with E-state index in [1.165, 1.54) is 12.1 Å². The van der Waals surface area contributed by atoms with E-state index in [0.717, 1.165) is 12.0 Å². The fourth-order valence-electron chi connectivity index (χ4n) is 3.13. The van der Waals surface area contributed by atoms with Crippen molar-refractivity contribution >= 4 is 46.5 Å². The van der Waals surface area contributed by atoms with E-state index >= 15 is 0 Å². The van der Waals surface area contributed by atoms with E-state index in [2.05, 4.69) is 20.7 Å². The van der Waals surface area contributed by atoms with Crippen molar-refractivity contribution in [1.82, 2.24) is 14.8 Å². The molecule has 0 fully saturated rings. The predicted molar refractivity (Wildman–Crippen MR) is 129 cm³/mol. The van der Waals surface area contributed by atoms with E-state index in [1.807, 2.05) is 18.3 Å². The van der Waals surface area contributed by atoms with Crippen LogP contribution in [0.1, 0.15) is 26.3 Å². The number of aryl methyl sites for hydroxylation is 2. The number of amides is 2. The summed E-state index contributed by atoms with van der Waals surface area (Å²) in [4.78, 5) is 29.0. The topological polar surface area (TPSA) is 88.9 Å². The van der Waals surface area contributed by atoms with Crippen LogP contribution in [0.15, 0.2) is 79.3 Å². The second-order valence-electron chi connectivity index (χ2n) is 7.21. The maximum absolute atomic E-state index is 12.5. The molecule has 0 bridgehead atoms. The van der Waals surface area contributed by atoms with Gasteiger partial charge in [-0.1, -0.05) is 23.2 Å². The van der Waals surface area contributed by atoms with Gasteiger partial charge in [0, 0.05) is 58.1 Å². The SMILES string of the molecule is O=C(Nc1ccc(C(=O)Nc2ccn(CCc3ccncc3)n2)cc1)c1cc(Cl)cc(Cl)c1. The van der Waals surface area contributed by atoms with Gasteiger partial charge in [-0.25, -0.2) is 0 Å². The average molecular weight is 480 g/mol. The molecule has 0 aliphatic heterocycles. The number of nitrogens with zero attached hydrogens (tertiary/aromatic N) is 3. The van der Waals surface area contributed by atoms with Crippen LogP contribution >= 0.6 is 23.2 Å². The fraction of sp³-hybridized carbons (Fsp3) is 0.0833. The lowest BCUT2D eigenvalue weighted by Gasteiger charge is -2.08. The number of anilines is 2. The van der Waals surface area contributed by atoms with Gasteiger partial charge in [0.05, 0.1) is 0 Å². The quantitative estimate of drug-likeness (QED) is 0.374. The summed E-state index contributed by atoms with van der Waals surface area (Å²) < 4.78 is 1.77. The molecule has 0 saturated carbocycles. The first kappa shape index (κ1) is 22.5. The maximum Gasteiger partial charge on any atom is 0.256 e. The fourth-order valence-corrected chi connectivity index (χ4v) is 3.65. The first-order valence-electron chi connectivity index (χ1n) is 10.1. The number of aromatic nitrogens is 3. The van der Waals surface area contributed by atoms with Crippen molar-refractivity contribution in [3.63, 3.8) is 0 Å². The summed E-state index contributed by atoms with van der Waals surface area (Å²) in [5.74, 6) is -0.187. The summed E-state index contributed by atoms with van der Waals surface area (Å²) in [6.45, 7) is 0.687. The molecule has 4 aromatic rings. The molecule has 0 unspecified atom stereocenters. The Morgan fingerprint density at radius 1 is 0.818 bits per heavy atom. The smallest absolute Gasteiger partial charge is 0.256 e. The third-order valence-corrected chi connectivity index (χ3v) is 5.23. The Bertz CT molecular complexity index is 1250. The highest BCUT2D eigenvalue weighted by atomic mass is 35.5. The molecule has 0 spiro atoms. The molecule has 0 saturated heterocycles. The number of carbonyl (C=O) groups excluding carboxylic acids is 2. The molecule has 7 nitrogen and oxygen atoms in total. The Labute approximate surface area is 200 Å². The lowest BCUT2D eigenvalue weighted by molar-refractivity contribution is 0.101. The summed E-state index contributed by atoms with van der Waals surface area (Å²) in [6, 6.07) is 16.8. The zero-order valence-electron chi connectivity index (χ0n) is 17.3. The third-order valence-electron chi connectivity index (χ3n) is 4.79. The molecule has 33 heavy (non-hydrogen) atoms. The summed E-state index contributed by atoms with van der Waals surface area (Å²) in [5, 5.41) is 10.7. The Kier molecular flexibility index (Phi) is 7.02. The van der Waals surface area contributed by atoms with Crippen molar-refractivity contribution in [3.05, 3.63) is 106 Å². The molecule has 0 radical (unpaired) electrons. The van der Waals surface area contributed by atoms with Crippen molar-refractivity contribution in [2.75, 3.05) is 10.6 Å². The van der Waals surface area contributed by atoms with E-state index in [9.17, 15) is 9.59 Å². The molecule has 9 heteroatoms. The summed E-state index contributed by atoms with van der Waals surface area (Å²) in [7, 11) is 0. The van der Waals surface area contributed by atoms with Crippen LogP contribution in [0.4, 0.5) is 11.5 Å². The second kappa shape index (κ2) is 10.3. The third kappa shape index (κ3) is 6.19. The minimum atomic E-state index is -0.353. The first-order chi connectivity index (χ1) is 16.0. The zero-order chi connectivity index (χ0) is 23.2. The molecule has 0 aliphatic rings. The van der Waals surface area contributed by atoms with Gasteiger partial charge in [0.15, 0.2) is 5.82 Å². The molecule has 2 heterocycles. The van der Waals surface area contributed by atoms with E-state index in [0.29, 0.717) is 39.2 Å². The van der Waals surface area contributed by atoms with Gasteiger partial charge in [-0.3, -0.25) is 19.3 Å². The molecule has 0 aliphatic carbocycles. The largest absolute Gasteiger partial charge is 0.322 e. The average Bonchev–Trinajstić information content (AvgIpc) is 3.25. The van der Waals surface area contributed by atoms with Crippen LogP contribution in [0, 0.1) is 0 Å². The molecular weight excluding hydrogens is 461 g/mol. The highest BCUT2D eigenvalue weighted by molar-refractivity contribution is 6.35. The van der Waals surface area contributed by atoms with Gasteiger partial charge in [0.25, 0.3) is 11.8 Å². The van der Waals surface area contributed by atoms with Crippen LogP contribution in [0.5, 0.6) is 0 Å². The molecular formula is C24H19Cl2N5O2. The maximum atomic E-state index is 12.5. The van der Waals surface area contributed by atoms with Gasteiger partial charge in [-0.2, -0.15) is 5.10 Å². The van der Waals surface area contributed by atoms with Crippen molar-refractivity contribution in [2.24, 2.45) is 0 Å². The Hall–Kier alpha value is -3.68. The monoisotopic (exact) mass is 479 g/mol. The standard InChI is InChI=1S/C24H19Cl2N5O2/c25-19-13-18(14-20(26)15-19)24(33)28-21-3-1-17(2-4-21)23(32)29-22-8-12-31(30-22)11-7-16-5-9-27-10-6-16/h1-6,8-10,12-15H,7,11H2,(H,28,33)(H,29,30,32). The van der Waals surface area contributed by atoms with Crippen LogP contribution in [0.25, 0.3) is 0 Å². The van der Waals surface area contributed by atoms with Crippen LogP contribution in [0.2, 0.25) is 10.0 Å². The van der Waals surface area contributed by atoms with Crippen molar-refractivity contribution in [3.8, 4) is 0 Å². The Balaban J connectivity index is 1.33. The Morgan fingerprint density at radius 3 is 2.18 bits per heavy atom. The van der Waals surface area contributed by atoms with Gasteiger partial charge >= 0.3 is 0 Å². The van der Waals surface area contributed by atoms with E-state index in [1.54, 1.807) is 53.5 Å². The number of rotatable bonds is 7. The second-order valence-corrected chi connectivity index (χ2v) is 8.09. The number of halogens is 2. The molecule has 2 aromatic heterocycles. The zero-order valence-corrected chi connectivity index (χ0v) is 18.8. The predicted octanol–water partition coefficient (Wildman–Crippen LogP) is 5.33. The van der Waals surface area contributed by atoms with Gasteiger partial charge in [0.1, 0.15) is 0 Å². The molecule has 2 aromatic carbocycles. The van der Waals surface area contributed by atoms with Crippen LogP contribution in [0.3, 0.4) is 0 Å². The lowest BCUT2D eigenvalue weighted by Crippen LogP contribution is -2.14. The number of benzene rings is 2. The molecule has 4 rings (SSSR count). The molecule has 2 N–H and O–H groups in total. The van der Waals surface area contributed by atoms with Crippen LogP contribution in [-0.2, 0) is 13.0 Å². The summed E-state index contributed by atoms with van der Waals surface area (Å²) in [6.07, 6.45) is 6.14. The van der Waals surface area contributed by atoms with E-state index in [-0.39, 0.29) is 11.8 Å². The minimum absolute atomic E-state index is 0.297. The van der Waals surface area contributed by atoms with Crippen molar-refractivity contribution < 1.29 is 9.59 Å². The lowest BCUT2D eigenvalue weighted by atomic mass is 10.1. The molecule has 2 amide bonds. The van der Waals surface area contributed by atoms with Crippen LogP contribution in [-0.4, -0.2) is 26.6 Å². The van der Waals surface area contributed by atoms with Crippen molar-refractivity contribution in [1.29, 1.82) is 0 Å². The highest BCUT2D eigenvalue weighted by Gasteiger charge is 2.11. The number of carbonyl (C=O) groups is 2.